The Bertz CT molecular complexity index is 997. The number of carboxylic acids is 1. The molecule has 1 aliphatic heterocycles. The van der Waals surface area contributed by atoms with Gasteiger partial charge in [-0.15, -0.1) is 0 Å². The Labute approximate surface area is 154 Å². The number of aromatic carboxylic acids is 1. The van der Waals surface area contributed by atoms with Crippen LogP contribution in [-0.2, 0) is 15.3 Å². The van der Waals surface area contributed by atoms with Gasteiger partial charge in [-0.1, -0.05) is 44.2 Å². The molecule has 1 aliphatic rings. The Hall–Kier alpha value is -2.40. The van der Waals surface area contributed by atoms with Gasteiger partial charge in [0.25, 0.3) is 0 Å². The summed E-state index contributed by atoms with van der Waals surface area (Å²) in [4.78, 5) is 11.4. The molecule has 0 aromatic heterocycles. The van der Waals surface area contributed by atoms with Crippen molar-refractivity contribution < 1.29 is 18.3 Å². The lowest BCUT2D eigenvalue weighted by Crippen LogP contribution is -2.30. The van der Waals surface area contributed by atoms with Crippen molar-refractivity contribution in [1.29, 1.82) is 0 Å². The van der Waals surface area contributed by atoms with Crippen LogP contribution in [0, 0.1) is 0 Å². The average molecular weight is 370 g/mol. The number of benzene rings is 2. The maximum Gasteiger partial charge on any atom is 0.335 e. The number of carboxylic acid groups (broad SMARTS) is 1. The summed E-state index contributed by atoms with van der Waals surface area (Å²) in [7, 11) is -3.25. The van der Waals surface area contributed by atoms with E-state index >= 15 is 0 Å². The highest BCUT2D eigenvalue weighted by atomic mass is 32.2. The Morgan fingerprint density at radius 3 is 2.31 bits per heavy atom. The minimum Gasteiger partial charge on any atom is -0.478 e. The van der Waals surface area contributed by atoms with E-state index in [1.54, 1.807) is 30.3 Å². The van der Waals surface area contributed by atoms with Crippen LogP contribution in [0.5, 0.6) is 0 Å². The average Bonchev–Trinajstić information content (AvgIpc) is 2.59. The molecule has 5 heteroatoms. The molecule has 0 amide bonds. The first-order chi connectivity index (χ1) is 12.1. The zero-order valence-corrected chi connectivity index (χ0v) is 15.9. The molecular formula is C21H22O4S. The number of fused-ring (bicyclic) bond motifs is 1. The van der Waals surface area contributed by atoms with E-state index in [0.717, 1.165) is 22.3 Å². The quantitative estimate of drug-likeness (QED) is 0.813. The molecule has 1 heterocycles. The number of hydrogen-bond donors (Lipinski definition) is 1. The fourth-order valence-corrected chi connectivity index (χ4v) is 5.26. The van der Waals surface area contributed by atoms with Crippen LogP contribution in [0.15, 0.2) is 47.4 Å². The normalized spacial score (nSPS) is 18.2. The molecule has 136 valence electrons. The Morgan fingerprint density at radius 1 is 1.08 bits per heavy atom. The summed E-state index contributed by atoms with van der Waals surface area (Å²) in [6, 6.07) is 12.2. The fourth-order valence-electron chi connectivity index (χ4n) is 3.27. The van der Waals surface area contributed by atoms with Crippen molar-refractivity contribution in [2.24, 2.45) is 0 Å². The molecule has 4 nitrogen and oxygen atoms in total. The second kappa shape index (κ2) is 6.40. The molecule has 0 radical (unpaired) electrons. The van der Waals surface area contributed by atoms with Crippen LogP contribution in [0.25, 0.3) is 11.6 Å². The van der Waals surface area contributed by atoms with Crippen molar-refractivity contribution in [2.75, 3.05) is 5.75 Å². The molecule has 0 saturated heterocycles. The second-order valence-electron chi connectivity index (χ2n) is 7.42. The zero-order chi connectivity index (χ0) is 19.1. The van der Waals surface area contributed by atoms with Gasteiger partial charge in [0, 0.05) is 0 Å². The third kappa shape index (κ3) is 3.44. The molecule has 0 atom stereocenters. The molecule has 0 unspecified atom stereocenters. The molecule has 0 fully saturated rings. The third-order valence-corrected chi connectivity index (χ3v) is 6.79. The van der Waals surface area contributed by atoms with Gasteiger partial charge in [0.05, 0.1) is 16.2 Å². The van der Waals surface area contributed by atoms with Crippen LogP contribution in [0.4, 0.5) is 0 Å². The summed E-state index contributed by atoms with van der Waals surface area (Å²) in [5.74, 6) is -0.782. The summed E-state index contributed by atoms with van der Waals surface area (Å²) >= 11 is 0. The van der Waals surface area contributed by atoms with E-state index in [1.165, 1.54) is 0 Å². The largest absolute Gasteiger partial charge is 0.478 e. The lowest BCUT2D eigenvalue weighted by molar-refractivity contribution is 0.0697. The summed E-state index contributed by atoms with van der Waals surface area (Å²) < 4.78 is 25.0. The van der Waals surface area contributed by atoms with Gasteiger partial charge in [-0.05, 0) is 59.2 Å². The number of allylic oxidation sites excluding steroid dienone is 1. The van der Waals surface area contributed by atoms with E-state index < -0.39 is 15.8 Å². The van der Waals surface area contributed by atoms with Gasteiger partial charge in [-0.2, -0.15) is 0 Å². The van der Waals surface area contributed by atoms with E-state index in [1.807, 2.05) is 25.1 Å². The SMILES string of the molecule is C/C(=C\c1ccc(C(=O)O)cc1)c1ccc2c(c1)S(=O)(=O)CCC2(C)C. The first kappa shape index (κ1) is 18.4. The van der Waals surface area contributed by atoms with Gasteiger partial charge in [0.1, 0.15) is 0 Å². The molecular weight excluding hydrogens is 348 g/mol. The minimum absolute atomic E-state index is 0.149. The molecule has 2 aromatic rings. The predicted octanol–water partition coefficient (Wildman–Crippen LogP) is 4.40. The summed E-state index contributed by atoms with van der Waals surface area (Å²) in [6.07, 6.45) is 2.56. The van der Waals surface area contributed by atoms with Crippen molar-refractivity contribution >= 4 is 27.5 Å². The van der Waals surface area contributed by atoms with Gasteiger partial charge in [0.2, 0.25) is 0 Å². The first-order valence-corrected chi connectivity index (χ1v) is 10.1. The minimum atomic E-state index is -3.25. The topological polar surface area (TPSA) is 71.4 Å². The monoisotopic (exact) mass is 370 g/mol. The maximum absolute atomic E-state index is 12.5. The van der Waals surface area contributed by atoms with E-state index in [4.69, 9.17) is 5.11 Å². The van der Waals surface area contributed by atoms with Gasteiger partial charge in [-0.25, -0.2) is 13.2 Å². The molecule has 2 aromatic carbocycles. The molecule has 26 heavy (non-hydrogen) atoms. The fraction of sp³-hybridized carbons (Fsp3) is 0.286. The Morgan fingerprint density at radius 2 is 1.69 bits per heavy atom. The highest BCUT2D eigenvalue weighted by Gasteiger charge is 2.35. The van der Waals surface area contributed by atoms with Crippen molar-refractivity contribution in [3.05, 3.63) is 64.7 Å². The number of sulfone groups is 1. The van der Waals surface area contributed by atoms with Crippen LogP contribution in [0.1, 0.15) is 54.2 Å². The maximum atomic E-state index is 12.5. The highest BCUT2D eigenvalue weighted by molar-refractivity contribution is 7.91. The molecule has 1 N–H and O–H groups in total. The van der Waals surface area contributed by atoms with Gasteiger partial charge < -0.3 is 5.11 Å². The summed E-state index contributed by atoms with van der Waals surface area (Å²) in [6.45, 7) is 6.08. The van der Waals surface area contributed by atoms with E-state index in [2.05, 4.69) is 13.8 Å². The van der Waals surface area contributed by atoms with E-state index in [9.17, 15) is 13.2 Å². The van der Waals surface area contributed by atoms with Crippen LogP contribution in [0.3, 0.4) is 0 Å². The van der Waals surface area contributed by atoms with E-state index in [0.29, 0.717) is 11.3 Å². The van der Waals surface area contributed by atoms with E-state index in [-0.39, 0.29) is 16.7 Å². The Balaban J connectivity index is 2.01. The van der Waals surface area contributed by atoms with Crippen molar-refractivity contribution in [2.45, 2.75) is 37.5 Å². The Kier molecular flexibility index (Phi) is 4.53. The second-order valence-corrected chi connectivity index (χ2v) is 9.50. The van der Waals surface area contributed by atoms with Crippen molar-refractivity contribution in [3.63, 3.8) is 0 Å². The zero-order valence-electron chi connectivity index (χ0n) is 15.1. The lowest BCUT2D eigenvalue weighted by atomic mass is 9.81. The number of hydrogen-bond acceptors (Lipinski definition) is 3. The molecule has 0 spiro atoms. The predicted molar refractivity (Wildman–Crippen MR) is 103 cm³/mol. The molecule has 3 rings (SSSR count). The van der Waals surface area contributed by atoms with Gasteiger partial charge in [0.15, 0.2) is 9.84 Å². The molecule has 0 bridgehead atoms. The highest BCUT2D eigenvalue weighted by Crippen LogP contribution is 2.39. The van der Waals surface area contributed by atoms with Crippen LogP contribution in [-0.4, -0.2) is 25.2 Å². The van der Waals surface area contributed by atoms with Crippen LogP contribution < -0.4 is 0 Å². The van der Waals surface area contributed by atoms with Crippen LogP contribution >= 0.6 is 0 Å². The first-order valence-electron chi connectivity index (χ1n) is 8.49. The third-order valence-electron chi connectivity index (χ3n) is 5.04. The molecule has 0 aliphatic carbocycles. The number of rotatable bonds is 3. The van der Waals surface area contributed by atoms with Crippen molar-refractivity contribution in [3.8, 4) is 0 Å². The number of carbonyl (C=O) groups is 1. The summed E-state index contributed by atoms with van der Waals surface area (Å²) in [5, 5.41) is 8.97. The lowest BCUT2D eigenvalue weighted by Gasteiger charge is -2.32. The van der Waals surface area contributed by atoms with Gasteiger partial charge >= 0.3 is 5.97 Å². The summed E-state index contributed by atoms with van der Waals surface area (Å²) in [5.41, 5.74) is 3.62. The smallest absolute Gasteiger partial charge is 0.335 e. The van der Waals surface area contributed by atoms with Gasteiger partial charge in [-0.3, -0.25) is 0 Å². The van der Waals surface area contributed by atoms with Crippen LogP contribution in [0.2, 0.25) is 0 Å². The molecule has 0 saturated carbocycles. The standard InChI is InChI=1S/C21H22O4S/c1-14(12-15-4-6-16(7-5-15)20(22)23)17-8-9-18-19(13-17)26(24,25)11-10-21(18,2)3/h4-9,12-13H,10-11H2,1-3H3,(H,22,23)/b14-12+. The van der Waals surface area contributed by atoms with Crippen molar-refractivity contribution in [1.82, 2.24) is 0 Å².